The van der Waals surface area contributed by atoms with Crippen LogP contribution in [0.15, 0.2) is 18.2 Å². The van der Waals surface area contributed by atoms with Crippen LogP contribution in [0.25, 0.3) is 0 Å². The second-order valence-electron chi connectivity index (χ2n) is 4.77. The van der Waals surface area contributed by atoms with Crippen molar-refractivity contribution in [1.29, 1.82) is 0 Å². The summed E-state index contributed by atoms with van der Waals surface area (Å²) in [6, 6.07) is 6.11. The van der Waals surface area contributed by atoms with Gasteiger partial charge in [0.2, 0.25) is 0 Å². The summed E-state index contributed by atoms with van der Waals surface area (Å²) in [5.41, 5.74) is 3.34. The minimum absolute atomic E-state index is 0.198. The van der Waals surface area contributed by atoms with Crippen LogP contribution in [-0.4, -0.2) is 12.4 Å². The Morgan fingerprint density at radius 2 is 1.78 bits per heavy atom. The first-order chi connectivity index (χ1) is 8.61. The van der Waals surface area contributed by atoms with E-state index in [0.29, 0.717) is 13.0 Å². The number of benzene rings is 1. The number of Topliss-reactive ketones (excluding diaryl/α,β-unsaturated/α-hetero) is 1. The predicted octanol–water partition coefficient (Wildman–Crippen LogP) is 4.14. The van der Waals surface area contributed by atoms with E-state index in [-0.39, 0.29) is 11.9 Å². The maximum atomic E-state index is 12.2. The van der Waals surface area contributed by atoms with Crippen LogP contribution >= 0.6 is 0 Å². The average Bonchev–Trinajstić information content (AvgIpc) is 2.33. The minimum atomic E-state index is -0.383. The second kappa shape index (κ2) is 7.32. The van der Waals surface area contributed by atoms with Crippen molar-refractivity contribution in [2.24, 2.45) is 0 Å². The quantitative estimate of drug-likeness (QED) is 0.725. The van der Waals surface area contributed by atoms with Gasteiger partial charge in [-0.25, -0.2) is 0 Å². The molecule has 0 heterocycles. The number of ketones is 1. The molecule has 0 aliphatic rings. The molecule has 1 aromatic carbocycles. The van der Waals surface area contributed by atoms with Gasteiger partial charge in [0.25, 0.3) is 0 Å². The zero-order valence-corrected chi connectivity index (χ0v) is 12.0. The summed E-state index contributed by atoms with van der Waals surface area (Å²) in [7, 11) is 0. The third-order valence-electron chi connectivity index (χ3n) is 3.08. The van der Waals surface area contributed by atoms with Gasteiger partial charge in [-0.05, 0) is 43.4 Å². The average molecular weight is 248 g/mol. The highest BCUT2D eigenvalue weighted by molar-refractivity contribution is 5.85. The van der Waals surface area contributed by atoms with E-state index in [1.807, 2.05) is 39.0 Å². The number of hydrogen-bond acceptors (Lipinski definition) is 2. The van der Waals surface area contributed by atoms with Crippen LogP contribution in [0.2, 0.25) is 0 Å². The summed E-state index contributed by atoms with van der Waals surface area (Å²) in [6.45, 7) is 8.81. The molecule has 0 spiro atoms. The van der Waals surface area contributed by atoms with Crippen LogP contribution < -0.4 is 0 Å². The van der Waals surface area contributed by atoms with Crippen LogP contribution in [0.5, 0.6) is 0 Å². The fourth-order valence-corrected chi connectivity index (χ4v) is 2.19. The normalized spacial score (nSPS) is 12.4. The molecule has 0 fully saturated rings. The lowest BCUT2D eigenvalue weighted by atomic mass is 9.94. The number of aryl methyl sites for hydroxylation is 2. The lowest BCUT2D eigenvalue weighted by Crippen LogP contribution is -2.18. The maximum Gasteiger partial charge on any atom is 0.166 e. The molecule has 2 heteroatoms. The van der Waals surface area contributed by atoms with Crippen LogP contribution in [0.3, 0.4) is 0 Å². The van der Waals surface area contributed by atoms with Gasteiger partial charge >= 0.3 is 0 Å². The molecule has 0 saturated heterocycles. The Balaban J connectivity index is 3.04. The topological polar surface area (TPSA) is 26.3 Å². The highest BCUT2D eigenvalue weighted by Gasteiger charge is 2.23. The largest absolute Gasteiger partial charge is 0.366 e. The number of hydrogen-bond donors (Lipinski definition) is 0. The van der Waals surface area contributed by atoms with Crippen LogP contribution in [-0.2, 0) is 9.53 Å². The summed E-state index contributed by atoms with van der Waals surface area (Å²) in [6.07, 6.45) is 2.00. The molecule has 0 bridgehead atoms. The summed E-state index contributed by atoms with van der Waals surface area (Å²) in [5, 5.41) is 0. The van der Waals surface area contributed by atoms with Crippen molar-refractivity contribution in [2.45, 2.75) is 53.1 Å². The van der Waals surface area contributed by atoms with Gasteiger partial charge in [0.15, 0.2) is 5.78 Å². The molecule has 100 valence electrons. The van der Waals surface area contributed by atoms with Crippen molar-refractivity contribution in [3.63, 3.8) is 0 Å². The van der Waals surface area contributed by atoms with Gasteiger partial charge in [-0.3, -0.25) is 4.79 Å². The van der Waals surface area contributed by atoms with E-state index < -0.39 is 0 Å². The van der Waals surface area contributed by atoms with Gasteiger partial charge in [0.05, 0.1) is 0 Å². The molecule has 0 aromatic heterocycles. The van der Waals surface area contributed by atoms with Crippen molar-refractivity contribution in [1.82, 2.24) is 0 Å². The summed E-state index contributed by atoms with van der Waals surface area (Å²) < 4.78 is 5.80. The van der Waals surface area contributed by atoms with Crippen molar-refractivity contribution in [3.8, 4) is 0 Å². The summed E-state index contributed by atoms with van der Waals surface area (Å²) >= 11 is 0. The zero-order valence-electron chi connectivity index (χ0n) is 12.0. The molecule has 1 unspecified atom stereocenters. The lowest BCUT2D eigenvalue weighted by Gasteiger charge is -2.21. The molecule has 0 saturated carbocycles. The molecule has 0 amide bonds. The minimum Gasteiger partial charge on any atom is -0.366 e. The SMILES string of the molecule is CCCOC(C(=O)CCC)c1c(C)cccc1C. The maximum absolute atomic E-state index is 12.2. The molecule has 0 aliphatic heterocycles. The highest BCUT2D eigenvalue weighted by Crippen LogP contribution is 2.27. The Morgan fingerprint density at radius 1 is 1.17 bits per heavy atom. The number of ether oxygens (including phenoxy) is 1. The van der Waals surface area contributed by atoms with E-state index in [1.54, 1.807) is 0 Å². The Hall–Kier alpha value is -1.15. The molecular formula is C16H24O2. The second-order valence-corrected chi connectivity index (χ2v) is 4.77. The van der Waals surface area contributed by atoms with Gasteiger partial charge in [0.1, 0.15) is 6.10 Å². The van der Waals surface area contributed by atoms with Crippen LogP contribution in [0, 0.1) is 13.8 Å². The molecule has 0 aliphatic carbocycles. The van der Waals surface area contributed by atoms with Crippen molar-refractivity contribution >= 4 is 5.78 Å². The van der Waals surface area contributed by atoms with Crippen molar-refractivity contribution in [3.05, 3.63) is 34.9 Å². The van der Waals surface area contributed by atoms with Crippen molar-refractivity contribution < 1.29 is 9.53 Å². The fraction of sp³-hybridized carbons (Fsp3) is 0.562. The monoisotopic (exact) mass is 248 g/mol. The molecular weight excluding hydrogens is 224 g/mol. The fourth-order valence-electron chi connectivity index (χ4n) is 2.19. The van der Waals surface area contributed by atoms with E-state index in [2.05, 4.69) is 6.92 Å². The molecule has 1 atom stereocenters. The first-order valence-electron chi connectivity index (χ1n) is 6.82. The zero-order chi connectivity index (χ0) is 13.5. The highest BCUT2D eigenvalue weighted by atomic mass is 16.5. The van der Waals surface area contributed by atoms with E-state index >= 15 is 0 Å². The first-order valence-corrected chi connectivity index (χ1v) is 6.82. The molecule has 1 rings (SSSR count). The first kappa shape index (κ1) is 14.9. The Bertz CT molecular complexity index is 376. The number of carbonyl (C=O) groups is 1. The van der Waals surface area contributed by atoms with Gasteiger partial charge in [-0.2, -0.15) is 0 Å². The smallest absolute Gasteiger partial charge is 0.166 e. The third-order valence-corrected chi connectivity index (χ3v) is 3.08. The molecule has 2 nitrogen and oxygen atoms in total. The van der Waals surface area contributed by atoms with Crippen LogP contribution in [0.1, 0.15) is 55.9 Å². The molecule has 0 N–H and O–H groups in total. The van der Waals surface area contributed by atoms with E-state index in [0.717, 1.165) is 29.5 Å². The number of rotatable bonds is 7. The van der Waals surface area contributed by atoms with Gasteiger partial charge < -0.3 is 4.74 Å². The number of carbonyl (C=O) groups excluding carboxylic acids is 1. The van der Waals surface area contributed by atoms with E-state index in [9.17, 15) is 4.79 Å². The van der Waals surface area contributed by atoms with E-state index in [4.69, 9.17) is 4.74 Å². The van der Waals surface area contributed by atoms with Crippen molar-refractivity contribution in [2.75, 3.05) is 6.61 Å². The molecule has 0 radical (unpaired) electrons. The van der Waals surface area contributed by atoms with Gasteiger partial charge in [-0.1, -0.05) is 32.0 Å². The lowest BCUT2D eigenvalue weighted by molar-refractivity contribution is -0.131. The van der Waals surface area contributed by atoms with Gasteiger partial charge in [0, 0.05) is 13.0 Å². The van der Waals surface area contributed by atoms with Crippen LogP contribution in [0.4, 0.5) is 0 Å². The third kappa shape index (κ3) is 3.67. The molecule has 1 aromatic rings. The standard InChI is InChI=1S/C16H24O2/c1-5-8-14(17)16(18-11-6-2)15-12(3)9-7-10-13(15)4/h7,9-10,16H,5-6,8,11H2,1-4H3. The van der Waals surface area contributed by atoms with E-state index in [1.165, 1.54) is 0 Å². The van der Waals surface area contributed by atoms with Gasteiger partial charge in [-0.15, -0.1) is 0 Å². The summed E-state index contributed by atoms with van der Waals surface area (Å²) in [5.74, 6) is 0.198. The Kier molecular flexibility index (Phi) is 6.06. The Labute approximate surface area is 110 Å². The predicted molar refractivity (Wildman–Crippen MR) is 74.8 cm³/mol. The Morgan fingerprint density at radius 3 is 2.28 bits per heavy atom. The molecule has 18 heavy (non-hydrogen) atoms. The summed E-state index contributed by atoms with van der Waals surface area (Å²) in [4.78, 5) is 12.2.